The normalized spacial score (nSPS) is 16.2. The molecule has 3 rings (SSSR count). The molecule has 2 aromatic rings. The zero-order valence-electron chi connectivity index (χ0n) is 15.3. The van der Waals surface area contributed by atoms with E-state index in [-0.39, 0.29) is 11.8 Å². The van der Waals surface area contributed by atoms with Crippen LogP contribution >= 0.6 is 22.7 Å². The van der Waals surface area contributed by atoms with Crippen LogP contribution < -0.4 is 5.32 Å². The van der Waals surface area contributed by atoms with Gasteiger partial charge in [0.2, 0.25) is 5.91 Å². The third kappa shape index (κ3) is 3.83. The van der Waals surface area contributed by atoms with E-state index in [9.17, 15) is 9.59 Å². The van der Waals surface area contributed by atoms with Gasteiger partial charge in [-0.25, -0.2) is 4.98 Å². The Kier molecular flexibility index (Phi) is 6.09. The maximum atomic E-state index is 13.1. The van der Waals surface area contributed by atoms with E-state index in [1.165, 1.54) is 11.3 Å². The molecule has 0 saturated heterocycles. The number of aromatic nitrogens is 1. The average Bonchev–Trinajstić information content (AvgIpc) is 3.35. The molecule has 0 aliphatic heterocycles. The molecule has 1 aliphatic carbocycles. The summed E-state index contributed by atoms with van der Waals surface area (Å²) in [5, 5.41) is 5.94. The first-order chi connectivity index (χ1) is 12.6. The first kappa shape index (κ1) is 19.0. The quantitative estimate of drug-likeness (QED) is 0.804. The van der Waals surface area contributed by atoms with Crippen molar-refractivity contribution < 1.29 is 9.59 Å². The van der Waals surface area contributed by atoms with Crippen LogP contribution in [0.4, 0.5) is 0 Å². The lowest BCUT2D eigenvalue weighted by Gasteiger charge is -2.39. The smallest absolute Gasteiger partial charge is 0.263 e. The number of thiophene rings is 1. The van der Waals surface area contributed by atoms with E-state index in [0.29, 0.717) is 30.8 Å². The minimum absolute atomic E-state index is 0.0542. The summed E-state index contributed by atoms with van der Waals surface area (Å²) in [6.07, 6.45) is 6.10. The summed E-state index contributed by atoms with van der Waals surface area (Å²) >= 11 is 2.99. The van der Waals surface area contributed by atoms with Gasteiger partial charge in [0.1, 0.15) is 15.4 Å². The molecular formula is C19H25N3O2S2. The molecule has 2 heterocycles. The predicted octanol–water partition coefficient (Wildman–Crippen LogP) is 4.17. The van der Waals surface area contributed by atoms with E-state index in [1.807, 2.05) is 36.3 Å². The first-order valence-corrected chi connectivity index (χ1v) is 10.9. The SMILES string of the molecule is CCN(CC)C(=O)C1(NC(=O)c2cnc(-c3cccs3)s2)CCCCC1. The van der Waals surface area contributed by atoms with E-state index in [1.54, 1.807) is 17.5 Å². The Bertz CT molecular complexity index is 745. The Balaban J connectivity index is 1.80. The molecule has 0 bridgehead atoms. The summed E-state index contributed by atoms with van der Waals surface area (Å²) in [6.45, 7) is 5.29. The van der Waals surface area contributed by atoms with Crippen molar-refractivity contribution in [2.24, 2.45) is 0 Å². The fraction of sp³-hybridized carbons (Fsp3) is 0.526. The van der Waals surface area contributed by atoms with Crippen LogP contribution in [0.15, 0.2) is 23.7 Å². The van der Waals surface area contributed by atoms with E-state index in [0.717, 1.165) is 29.1 Å². The van der Waals surface area contributed by atoms with Gasteiger partial charge < -0.3 is 10.2 Å². The van der Waals surface area contributed by atoms with E-state index in [2.05, 4.69) is 10.3 Å². The standard InChI is InChI=1S/C19H25N3O2S2/c1-3-22(4-2)18(24)19(10-6-5-7-11-19)21-16(23)15-13-20-17(26-15)14-9-8-12-25-14/h8-9,12-13H,3-7,10-11H2,1-2H3,(H,21,23). The molecule has 0 aromatic carbocycles. The molecule has 0 spiro atoms. The zero-order chi connectivity index (χ0) is 18.6. The molecular weight excluding hydrogens is 366 g/mol. The van der Waals surface area contributed by atoms with Crippen LogP contribution in [-0.4, -0.2) is 40.3 Å². The number of hydrogen-bond acceptors (Lipinski definition) is 5. The Morgan fingerprint density at radius 1 is 1.23 bits per heavy atom. The fourth-order valence-corrected chi connectivity index (χ4v) is 5.15. The van der Waals surface area contributed by atoms with Crippen molar-refractivity contribution in [3.05, 3.63) is 28.6 Å². The lowest BCUT2D eigenvalue weighted by atomic mass is 9.80. The second-order valence-electron chi connectivity index (χ2n) is 6.58. The third-order valence-electron chi connectivity index (χ3n) is 4.98. The van der Waals surface area contributed by atoms with Gasteiger partial charge in [0, 0.05) is 13.1 Å². The topological polar surface area (TPSA) is 62.3 Å². The molecule has 0 atom stereocenters. The second-order valence-corrected chi connectivity index (χ2v) is 8.56. The van der Waals surface area contributed by atoms with Crippen LogP contribution in [0.25, 0.3) is 9.88 Å². The summed E-state index contributed by atoms with van der Waals surface area (Å²) in [5.74, 6) is -0.133. The molecule has 1 aliphatic rings. The monoisotopic (exact) mass is 391 g/mol. The number of carbonyl (C=O) groups is 2. The molecule has 1 N–H and O–H groups in total. The highest BCUT2D eigenvalue weighted by Crippen LogP contribution is 2.32. The molecule has 2 aromatic heterocycles. The van der Waals surface area contributed by atoms with Gasteiger partial charge in [-0.2, -0.15) is 0 Å². The molecule has 0 unspecified atom stereocenters. The highest BCUT2D eigenvalue weighted by Gasteiger charge is 2.43. The van der Waals surface area contributed by atoms with Crippen molar-refractivity contribution >= 4 is 34.5 Å². The minimum atomic E-state index is -0.769. The highest BCUT2D eigenvalue weighted by molar-refractivity contribution is 7.22. The number of rotatable bonds is 6. The number of amides is 2. The minimum Gasteiger partial charge on any atom is -0.341 e. The Morgan fingerprint density at radius 3 is 2.58 bits per heavy atom. The number of nitrogens with zero attached hydrogens (tertiary/aromatic N) is 2. The molecule has 7 heteroatoms. The van der Waals surface area contributed by atoms with E-state index >= 15 is 0 Å². The fourth-order valence-electron chi connectivity index (χ4n) is 3.53. The van der Waals surface area contributed by atoms with Crippen LogP contribution in [0.2, 0.25) is 0 Å². The summed E-state index contributed by atoms with van der Waals surface area (Å²) in [6, 6.07) is 3.97. The molecule has 26 heavy (non-hydrogen) atoms. The molecule has 1 saturated carbocycles. The van der Waals surface area contributed by atoms with Gasteiger partial charge in [-0.15, -0.1) is 22.7 Å². The van der Waals surface area contributed by atoms with Crippen molar-refractivity contribution in [2.45, 2.75) is 51.5 Å². The summed E-state index contributed by atoms with van der Waals surface area (Å²) in [7, 11) is 0. The molecule has 2 amide bonds. The van der Waals surface area contributed by atoms with Crippen molar-refractivity contribution in [3.63, 3.8) is 0 Å². The van der Waals surface area contributed by atoms with Crippen LogP contribution in [0.3, 0.4) is 0 Å². The summed E-state index contributed by atoms with van der Waals surface area (Å²) < 4.78 is 0. The van der Waals surface area contributed by atoms with Gasteiger partial charge in [-0.1, -0.05) is 25.3 Å². The van der Waals surface area contributed by atoms with Gasteiger partial charge in [0.15, 0.2) is 0 Å². The number of nitrogens with one attached hydrogen (secondary N) is 1. The van der Waals surface area contributed by atoms with Gasteiger partial charge in [0.05, 0.1) is 11.1 Å². The number of thiazole rings is 1. The molecule has 1 fully saturated rings. The van der Waals surface area contributed by atoms with Crippen LogP contribution in [0.5, 0.6) is 0 Å². The summed E-state index contributed by atoms with van der Waals surface area (Å²) in [4.78, 5) is 33.9. The molecule has 0 radical (unpaired) electrons. The van der Waals surface area contributed by atoms with E-state index in [4.69, 9.17) is 0 Å². The van der Waals surface area contributed by atoms with Crippen LogP contribution in [0, 0.1) is 0 Å². The summed E-state index contributed by atoms with van der Waals surface area (Å²) in [5.41, 5.74) is -0.769. The lowest BCUT2D eigenvalue weighted by Crippen LogP contribution is -2.60. The van der Waals surface area contributed by atoms with Crippen molar-refractivity contribution in [2.75, 3.05) is 13.1 Å². The Morgan fingerprint density at radius 2 is 1.96 bits per heavy atom. The lowest BCUT2D eigenvalue weighted by molar-refractivity contribution is -0.139. The second kappa shape index (κ2) is 8.31. The van der Waals surface area contributed by atoms with Gasteiger partial charge in [-0.3, -0.25) is 9.59 Å². The highest BCUT2D eigenvalue weighted by atomic mass is 32.1. The number of likely N-dealkylation sites (N-methyl/N-ethyl adjacent to an activating group) is 1. The first-order valence-electron chi connectivity index (χ1n) is 9.21. The Labute approximate surface area is 162 Å². The van der Waals surface area contributed by atoms with Crippen molar-refractivity contribution in [1.29, 1.82) is 0 Å². The van der Waals surface area contributed by atoms with Gasteiger partial charge in [0.25, 0.3) is 5.91 Å². The van der Waals surface area contributed by atoms with Gasteiger partial charge in [-0.05, 0) is 38.1 Å². The van der Waals surface area contributed by atoms with Gasteiger partial charge >= 0.3 is 0 Å². The average molecular weight is 392 g/mol. The maximum absolute atomic E-state index is 13.1. The van der Waals surface area contributed by atoms with Crippen molar-refractivity contribution in [3.8, 4) is 9.88 Å². The predicted molar refractivity (Wildman–Crippen MR) is 107 cm³/mol. The Hall–Kier alpha value is -1.73. The zero-order valence-corrected chi connectivity index (χ0v) is 16.9. The maximum Gasteiger partial charge on any atom is 0.263 e. The van der Waals surface area contributed by atoms with E-state index < -0.39 is 5.54 Å². The number of carbonyl (C=O) groups excluding carboxylic acids is 2. The third-order valence-corrected chi connectivity index (χ3v) is 7.02. The molecule has 140 valence electrons. The number of hydrogen-bond donors (Lipinski definition) is 1. The van der Waals surface area contributed by atoms with Crippen LogP contribution in [-0.2, 0) is 4.79 Å². The van der Waals surface area contributed by atoms with Crippen molar-refractivity contribution in [1.82, 2.24) is 15.2 Å². The van der Waals surface area contributed by atoms with Crippen LogP contribution in [0.1, 0.15) is 55.6 Å². The largest absolute Gasteiger partial charge is 0.341 e. The molecule has 5 nitrogen and oxygen atoms in total.